The van der Waals surface area contributed by atoms with Gasteiger partial charge in [-0.3, -0.25) is 9.79 Å². The van der Waals surface area contributed by atoms with Crippen LogP contribution in [-0.4, -0.2) is 32.8 Å². The molecule has 3 atom stereocenters. The lowest BCUT2D eigenvalue weighted by atomic mass is 9.84. The molecule has 1 amide bonds. The van der Waals surface area contributed by atoms with Gasteiger partial charge in [0.15, 0.2) is 11.0 Å². The summed E-state index contributed by atoms with van der Waals surface area (Å²) < 4.78 is 29.2. The van der Waals surface area contributed by atoms with Crippen molar-refractivity contribution in [3.63, 3.8) is 0 Å². The van der Waals surface area contributed by atoms with Crippen molar-refractivity contribution in [3.8, 4) is 0 Å². The summed E-state index contributed by atoms with van der Waals surface area (Å²) in [5.41, 5.74) is 5.75. The number of rotatable bonds is 4. The Hall–Kier alpha value is -2.33. The van der Waals surface area contributed by atoms with E-state index in [1.165, 1.54) is 42.4 Å². The van der Waals surface area contributed by atoms with Gasteiger partial charge < -0.3 is 11.1 Å². The topological polar surface area (TPSA) is 93.3 Å². The number of hydrogen-bond donors (Lipinski definition) is 2. The summed E-state index contributed by atoms with van der Waals surface area (Å²) in [7, 11) is 1.56. The maximum Gasteiger partial charge on any atom is 0.236 e. The van der Waals surface area contributed by atoms with Crippen molar-refractivity contribution in [2.24, 2.45) is 16.6 Å². The molecular weight excluding hydrogens is 476 g/mol. The molecule has 1 saturated carbocycles. The Balaban J connectivity index is 1.73. The van der Waals surface area contributed by atoms with Crippen LogP contribution in [0.4, 0.5) is 8.78 Å². The first-order valence-corrected chi connectivity index (χ1v) is 10.7. The third-order valence-electron chi connectivity index (χ3n) is 5.52. The van der Waals surface area contributed by atoms with Crippen molar-refractivity contribution < 1.29 is 13.6 Å². The lowest BCUT2D eigenvalue weighted by molar-refractivity contribution is -0.121. The number of nitrogens with two attached hydrogens (primary N) is 1. The van der Waals surface area contributed by atoms with E-state index in [4.69, 9.17) is 5.73 Å². The van der Waals surface area contributed by atoms with Gasteiger partial charge in [0.05, 0.1) is 17.9 Å². The number of carbonyl (C=O) groups is 1. The lowest BCUT2D eigenvalue weighted by Crippen LogP contribution is -2.43. The van der Waals surface area contributed by atoms with Crippen LogP contribution in [-0.2, 0) is 10.3 Å². The molecule has 2 aliphatic rings. The Morgan fingerprint density at radius 3 is 2.83 bits per heavy atom. The number of thioether (sulfide) groups is 1. The molecule has 1 aliphatic heterocycles. The first kappa shape index (κ1) is 20.9. The van der Waals surface area contributed by atoms with Gasteiger partial charge in [0, 0.05) is 18.5 Å². The summed E-state index contributed by atoms with van der Waals surface area (Å²) >= 11 is 4.37. The molecule has 0 saturated heterocycles. The normalized spacial score (nSPS) is 27.8. The number of amidine groups is 1. The summed E-state index contributed by atoms with van der Waals surface area (Å²) in [6.45, 7) is 1.76. The van der Waals surface area contributed by atoms with Crippen LogP contribution in [0.1, 0.15) is 30.2 Å². The van der Waals surface area contributed by atoms with Gasteiger partial charge >= 0.3 is 0 Å². The molecule has 6 nitrogen and oxygen atoms in total. The first-order chi connectivity index (χ1) is 14.2. The third kappa shape index (κ3) is 3.41. The number of amides is 1. The molecule has 2 aromatic rings. The minimum Gasteiger partial charge on any atom is -0.378 e. The Morgan fingerprint density at radius 1 is 1.40 bits per heavy atom. The van der Waals surface area contributed by atoms with E-state index in [1.807, 2.05) is 0 Å². The Labute approximate surface area is 184 Å². The highest BCUT2D eigenvalue weighted by Gasteiger charge is 2.70. The van der Waals surface area contributed by atoms with Crippen LogP contribution >= 0.6 is 27.7 Å². The van der Waals surface area contributed by atoms with Crippen LogP contribution in [0.15, 0.2) is 40.2 Å². The second-order valence-corrected chi connectivity index (χ2v) is 9.54. The molecular formula is C20H18BrF2N5OS. The van der Waals surface area contributed by atoms with E-state index in [-0.39, 0.29) is 28.3 Å². The second kappa shape index (κ2) is 7.42. The van der Waals surface area contributed by atoms with Crippen molar-refractivity contribution in [2.45, 2.75) is 23.6 Å². The number of hydrogen-bond acceptors (Lipinski definition) is 6. The molecule has 1 aromatic carbocycles. The summed E-state index contributed by atoms with van der Waals surface area (Å²) in [5.74, 6) is -1.47. The molecule has 156 valence electrons. The van der Waals surface area contributed by atoms with Gasteiger partial charge in [-0.15, -0.1) is 0 Å². The number of benzene rings is 1. The van der Waals surface area contributed by atoms with Crippen molar-refractivity contribution in [1.29, 1.82) is 0 Å². The summed E-state index contributed by atoms with van der Waals surface area (Å²) in [6, 6.07) is 4.28. The Bertz CT molecular complexity index is 1090. The predicted molar refractivity (Wildman–Crippen MR) is 117 cm³/mol. The molecule has 10 heteroatoms. The number of carbonyl (C=O) groups excluding carboxylic acids is 1. The fraction of sp³-hybridized carbons (Fsp3) is 0.300. The number of nitrogens with one attached hydrogen (secondary N) is 1. The van der Waals surface area contributed by atoms with E-state index in [2.05, 4.69) is 36.2 Å². The van der Waals surface area contributed by atoms with E-state index in [0.717, 1.165) is 0 Å². The summed E-state index contributed by atoms with van der Waals surface area (Å²) in [6.07, 6.45) is 4.48. The van der Waals surface area contributed by atoms with Crippen LogP contribution in [0.25, 0.3) is 11.9 Å². The van der Waals surface area contributed by atoms with Crippen LogP contribution < -0.4 is 11.1 Å². The second-order valence-electron chi connectivity index (χ2n) is 7.38. The van der Waals surface area contributed by atoms with Crippen molar-refractivity contribution in [3.05, 3.63) is 57.8 Å². The van der Waals surface area contributed by atoms with Crippen molar-refractivity contribution in [1.82, 2.24) is 15.3 Å². The van der Waals surface area contributed by atoms with Gasteiger partial charge in [0.25, 0.3) is 0 Å². The zero-order valence-corrected chi connectivity index (χ0v) is 18.5. The van der Waals surface area contributed by atoms with Crippen LogP contribution in [0.2, 0.25) is 0 Å². The van der Waals surface area contributed by atoms with Gasteiger partial charge in [-0.2, -0.15) is 0 Å². The zero-order valence-electron chi connectivity index (χ0n) is 16.1. The maximum absolute atomic E-state index is 14.9. The molecule has 30 heavy (non-hydrogen) atoms. The van der Waals surface area contributed by atoms with Crippen LogP contribution in [0.5, 0.6) is 0 Å². The van der Waals surface area contributed by atoms with Gasteiger partial charge in [0.1, 0.15) is 20.9 Å². The number of fused-ring (bicyclic) bond motifs is 1. The molecule has 0 bridgehead atoms. The van der Waals surface area contributed by atoms with E-state index >= 15 is 0 Å². The van der Waals surface area contributed by atoms with Crippen LogP contribution in [0.3, 0.4) is 0 Å². The monoisotopic (exact) mass is 493 g/mol. The molecule has 2 heterocycles. The SMILES string of the molecule is CNC(=O)C12CC1C(C)(c1cc(/C=C(\F)c3cnc(Br)cn3)ccc1F)N=C(N)S2. The third-order valence-corrected chi connectivity index (χ3v) is 7.23. The first-order valence-electron chi connectivity index (χ1n) is 9.11. The van der Waals surface area contributed by atoms with E-state index in [1.54, 1.807) is 20.0 Å². The number of halogens is 3. The van der Waals surface area contributed by atoms with E-state index < -0.39 is 21.9 Å². The average Bonchev–Trinajstić information content (AvgIpc) is 3.45. The van der Waals surface area contributed by atoms with Crippen LogP contribution in [0, 0.1) is 11.7 Å². The molecule has 1 aliphatic carbocycles. The Morgan fingerprint density at radius 2 is 2.17 bits per heavy atom. The van der Waals surface area contributed by atoms with Gasteiger partial charge in [0.2, 0.25) is 5.91 Å². The molecule has 0 radical (unpaired) electrons. The molecule has 1 fully saturated rings. The maximum atomic E-state index is 14.9. The standard InChI is InChI=1S/C20H18BrF2N5OS/c1-19(15-7-20(15,17(29)25-2)30-18(24)28-19)11-5-10(3-4-12(11)22)6-13(23)14-8-27-16(21)9-26-14/h3-6,8-9,15H,7H2,1-2H3,(H2,24,28)(H,25,29)/b13-6-. The molecule has 3 unspecified atom stereocenters. The largest absolute Gasteiger partial charge is 0.378 e. The van der Waals surface area contributed by atoms with Gasteiger partial charge in [-0.1, -0.05) is 17.8 Å². The summed E-state index contributed by atoms with van der Waals surface area (Å²) in [4.78, 5) is 24.9. The van der Waals surface area contributed by atoms with Crippen molar-refractivity contribution >= 4 is 50.7 Å². The number of aliphatic imine (C=N–C) groups is 1. The van der Waals surface area contributed by atoms with Gasteiger partial charge in [-0.05, 0) is 53.0 Å². The highest BCUT2D eigenvalue weighted by atomic mass is 79.9. The molecule has 3 N–H and O–H groups in total. The smallest absolute Gasteiger partial charge is 0.236 e. The molecule has 4 rings (SSSR count). The molecule has 1 aromatic heterocycles. The molecule has 0 spiro atoms. The fourth-order valence-electron chi connectivity index (χ4n) is 3.96. The summed E-state index contributed by atoms with van der Waals surface area (Å²) in [5, 5.41) is 2.89. The number of nitrogens with zero attached hydrogens (tertiary/aromatic N) is 3. The minimum atomic E-state index is -1.04. The highest BCUT2D eigenvalue weighted by molar-refractivity contribution is 9.10. The fourth-order valence-corrected chi connectivity index (χ4v) is 5.59. The van der Waals surface area contributed by atoms with E-state index in [0.29, 0.717) is 16.6 Å². The Kier molecular flexibility index (Phi) is 5.17. The highest BCUT2D eigenvalue weighted by Crippen LogP contribution is 2.66. The average molecular weight is 494 g/mol. The van der Waals surface area contributed by atoms with E-state index in [9.17, 15) is 13.6 Å². The quantitative estimate of drug-likeness (QED) is 0.678. The van der Waals surface area contributed by atoms with Gasteiger partial charge in [-0.25, -0.2) is 18.7 Å². The minimum absolute atomic E-state index is 0.0624. The lowest BCUT2D eigenvalue weighted by Gasteiger charge is -2.33. The number of aromatic nitrogens is 2. The predicted octanol–water partition coefficient (Wildman–Crippen LogP) is 3.63. The van der Waals surface area contributed by atoms with Crippen molar-refractivity contribution in [2.75, 3.05) is 7.05 Å². The zero-order chi connectivity index (χ0) is 21.7.